The zero-order valence-electron chi connectivity index (χ0n) is 14.3. The Morgan fingerprint density at radius 2 is 2.00 bits per heavy atom. The average molecular weight is 343 g/mol. The molecule has 3 rings (SSSR count). The highest BCUT2D eigenvalue weighted by Crippen LogP contribution is 2.15. The minimum atomic E-state index is -0.610. The number of rotatable bonds is 4. The summed E-state index contributed by atoms with van der Waals surface area (Å²) < 4.78 is 6.51. The van der Waals surface area contributed by atoms with Crippen LogP contribution in [0.5, 0.6) is 0 Å². The molecule has 1 aliphatic rings. The lowest BCUT2D eigenvalue weighted by atomic mass is 10.1. The van der Waals surface area contributed by atoms with Crippen molar-refractivity contribution in [1.82, 2.24) is 9.55 Å². The van der Waals surface area contributed by atoms with Crippen LogP contribution in [-0.4, -0.2) is 28.2 Å². The molecule has 0 aliphatic carbocycles. The number of hydrogen-bond acceptors (Lipinski definition) is 4. The molecule has 0 bridgehead atoms. The number of carbonyl (C=O) groups is 1. The highest BCUT2D eigenvalue weighted by Gasteiger charge is 2.20. The van der Waals surface area contributed by atoms with Crippen molar-refractivity contribution in [3.8, 4) is 0 Å². The van der Waals surface area contributed by atoms with Crippen molar-refractivity contribution in [2.45, 2.75) is 39.3 Å². The van der Waals surface area contributed by atoms with Gasteiger partial charge >= 0.3 is 5.69 Å². The molecular weight excluding hydrogens is 322 g/mol. The standard InChI is InChI=1S/C18H21N3O4/c1-11-6-12(2)8-13(7-11)20-16(22)15-9-19-18(24)21(17(15)23)10-14-4-3-5-25-14/h6-9,14H,3-5,10H2,1-2H3,(H,19,24)(H,20,22). The Balaban J connectivity index is 1.87. The average Bonchev–Trinajstić information content (AvgIpc) is 3.03. The molecule has 7 heteroatoms. The maximum atomic E-state index is 12.6. The smallest absolute Gasteiger partial charge is 0.328 e. The van der Waals surface area contributed by atoms with Gasteiger partial charge in [0.15, 0.2) is 0 Å². The van der Waals surface area contributed by atoms with Crippen molar-refractivity contribution in [2.24, 2.45) is 0 Å². The molecule has 1 unspecified atom stereocenters. The first-order valence-electron chi connectivity index (χ1n) is 8.28. The molecule has 0 saturated carbocycles. The van der Waals surface area contributed by atoms with Crippen LogP contribution in [0, 0.1) is 13.8 Å². The summed E-state index contributed by atoms with van der Waals surface area (Å²) in [7, 11) is 0. The number of carbonyl (C=O) groups excluding carboxylic acids is 1. The highest BCUT2D eigenvalue weighted by atomic mass is 16.5. The molecule has 1 amide bonds. The first-order chi connectivity index (χ1) is 11.9. The van der Waals surface area contributed by atoms with Crippen molar-refractivity contribution in [2.75, 3.05) is 11.9 Å². The van der Waals surface area contributed by atoms with Crippen LogP contribution in [0.15, 0.2) is 34.0 Å². The van der Waals surface area contributed by atoms with Gasteiger partial charge in [0.25, 0.3) is 11.5 Å². The van der Waals surface area contributed by atoms with E-state index in [1.165, 1.54) is 0 Å². The molecule has 1 saturated heterocycles. The van der Waals surface area contributed by atoms with E-state index in [0.717, 1.165) is 34.7 Å². The second-order valence-electron chi connectivity index (χ2n) is 6.39. The number of aryl methyl sites for hydroxylation is 2. The van der Waals surface area contributed by atoms with Crippen LogP contribution in [0.3, 0.4) is 0 Å². The van der Waals surface area contributed by atoms with E-state index in [-0.39, 0.29) is 18.2 Å². The lowest BCUT2D eigenvalue weighted by Crippen LogP contribution is -2.41. The third-order valence-corrected chi connectivity index (χ3v) is 4.20. The molecule has 0 radical (unpaired) electrons. The Bertz CT molecular complexity index is 887. The van der Waals surface area contributed by atoms with Crippen LogP contribution in [0.1, 0.15) is 34.3 Å². The lowest BCUT2D eigenvalue weighted by molar-refractivity contribution is 0.0941. The predicted octanol–water partition coefficient (Wildman–Crippen LogP) is 1.58. The normalized spacial score (nSPS) is 16.8. The zero-order valence-corrected chi connectivity index (χ0v) is 14.3. The summed E-state index contributed by atoms with van der Waals surface area (Å²) in [5, 5.41) is 2.72. The Labute approximate surface area is 144 Å². The largest absolute Gasteiger partial charge is 0.376 e. The van der Waals surface area contributed by atoms with Crippen LogP contribution < -0.4 is 16.6 Å². The van der Waals surface area contributed by atoms with Gasteiger partial charge < -0.3 is 15.0 Å². The Morgan fingerprint density at radius 3 is 2.64 bits per heavy atom. The maximum absolute atomic E-state index is 12.6. The van der Waals surface area contributed by atoms with Gasteiger partial charge in [-0.15, -0.1) is 0 Å². The molecule has 1 atom stereocenters. The minimum absolute atomic E-state index is 0.100. The first kappa shape index (κ1) is 17.2. The van der Waals surface area contributed by atoms with E-state index >= 15 is 0 Å². The lowest BCUT2D eigenvalue weighted by Gasteiger charge is -2.12. The van der Waals surface area contributed by atoms with Crippen LogP contribution >= 0.6 is 0 Å². The van der Waals surface area contributed by atoms with Gasteiger partial charge in [0, 0.05) is 18.5 Å². The molecule has 132 valence electrons. The summed E-state index contributed by atoms with van der Waals surface area (Å²) in [6.07, 6.45) is 2.69. The summed E-state index contributed by atoms with van der Waals surface area (Å²) in [5.41, 5.74) is 1.38. The number of nitrogens with one attached hydrogen (secondary N) is 2. The van der Waals surface area contributed by atoms with Crippen molar-refractivity contribution < 1.29 is 9.53 Å². The number of benzene rings is 1. The maximum Gasteiger partial charge on any atom is 0.328 e. The van der Waals surface area contributed by atoms with Crippen LogP contribution in [0.4, 0.5) is 5.69 Å². The number of hydrogen-bond donors (Lipinski definition) is 2. The molecule has 25 heavy (non-hydrogen) atoms. The Hall–Kier alpha value is -2.67. The number of nitrogens with zero attached hydrogens (tertiary/aromatic N) is 1. The van der Waals surface area contributed by atoms with Crippen molar-refractivity contribution in [3.05, 3.63) is 61.9 Å². The van der Waals surface area contributed by atoms with Gasteiger partial charge in [-0.3, -0.25) is 14.2 Å². The van der Waals surface area contributed by atoms with Gasteiger partial charge in [-0.1, -0.05) is 6.07 Å². The van der Waals surface area contributed by atoms with Gasteiger partial charge in [0.1, 0.15) is 5.56 Å². The fourth-order valence-electron chi connectivity index (χ4n) is 3.08. The van der Waals surface area contributed by atoms with E-state index < -0.39 is 17.2 Å². The number of aromatic amines is 1. The summed E-state index contributed by atoms with van der Waals surface area (Å²) >= 11 is 0. The topological polar surface area (TPSA) is 93.2 Å². The van der Waals surface area contributed by atoms with Gasteiger partial charge in [-0.2, -0.15) is 0 Å². The quantitative estimate of drug-likeness (QED) is 0.881. The van der Waals surface area contributed by atoms with Crippen molar-refractivity contribution >= 4 is 11.6 Å². The molecule has 2 heterocycles. The van der Waals surface area contributed by atoms with Crippen molar-refractivity contribution in [3.63, 3.8) is 0 Å². The monoisotopic (exact) mass is 343 g/mol. The third kappa shape index (κ3) is 3.88. The summed E-state index contributed by atoms with van der Waals surface area (Å²) in [6, 6.07) is 5.63. The van der Waals surface area contributed by atoms with Crippen LogP contribution in [0.2, 0.25) is 0 Å². The number of anilines is 1. The SMILES string of the molecule is Cc1cc(C)cc(NC(=O)c2c[nH]c(=O)n(CC3CCCO3)c2=O)c1. The molecule has 7 nitrogen and oxygen atoms in total. The van der Waals surface area contributed by atoms with E-state index in [9.17, 15) is 14.4 Å². The first-order valence-corrected chi connectivity index (χ1v) is 8.28. The zero-order chi connectivity index (χ0) is 18.0. The predicted molar refractivity (Wildman–Crippen MR) is 94.2 cm³/mol. The van der Waals surface area contributed by atoms with Gasteiger partial charge in [-0.25, -0.2) is 4.79 Å². The molecule has 1 aromatic carbocycles. The number of ether oxygens (including phenoxy) is 1. The van der Waals surface area contributed by atoms with Gasteiger partial charge in [0.05, 0.1) is 12.6 Å². The van der Waals surface area contributed by atoms with E-state index in [4.69, 9.17) is 4.74 Å². The second-order valence-corrected chi connectivity index (χ2v) is 6.39. The molecule has 2 N–H and O–H groups in total. The number of aromatic nitrogens is 2. The molecule has 1 aliphatic heterocycles. The fourth-order valence-corrected chi connectivity index (χ4v) is 3.08. The van der Waals surface area contributed by atoms with E-state index in [1.807, 2.05) is 32.0 Å². The highest BCUT2D eigenvalue weighted by molar-refractivity contribution is 6.03. The molecule has 1 aromatic heterocycles. The second kappa shape index (κ2) is 7.06. The van der Waals surface area contributed by atoms with Crippen LogP contribution in [-0.2, 0) is 11.3 Å². The molecular formula is C18H21N3O4. The summed E-state index contributed by atoms with van der Waals surface area (Å²) in [4.78, 5) is 39.5. The van der Waals surface area contributed by atoms with Gasteiger partial charge in [0.2, 0.25) is 0 Å². The number of H-pyrrole nitrogens is 1. The third-order valence-electron chi connectivity index (χ3n) is 4.20. The Morgan fingerprint density at radius 1 is 1.28 bits per heavy atom. The molecule has 0 spiro atoms. The number of amides is 1. The van der Waals surface area contributed by atoms with Crippen molar-refractivity contribution in [1.29, 1.82) is 0 Å². The molecule has 1 fully saturated rings. The van der Waals surface area contributed by atoms with Gasteiger partial charge in [-0.05, 0) is 49.9 Å². The summed E-state index contributed by atoms with van der Waals surface area (Å²) in [6.45, 7) is 4.64. The summed E-state index contributed by atoms with van der Waals surface area (Å²) in [5.74, 6) is -0.549. The van der Waals surface area contributed by atoms with E-state index in [1.54, 1.807) is 0 Å². The molecule has 2 aromatic rings. The Kier molecular flexibility index (Phi) is 4.85. The fraction of sp³-hybridized carbons (Fsp3) is 0.389. The van der Waals surface area contributed by atoms with E-state index in [2.05, 4.69) is 10.3 Å². The van der Waals surface area contributed by atoms with Crippen LogP contribution in [0.25, 0.3) is 0 Å². The minimum Gasteiger partial charge on any atom is -0.376 e. The van der Waals surface area contributed by atoms with E-state index in [0.29, 0.717) is 12.3 Å².